The number of hydrogen-bond donors (Lipinski definition) is 2. The molecule has 1 aliphatic heterocycles. The molecule has 0 radical (unpaired) electrons. The third-order valence-electron chi connectivity index (χ3n) is 7.73. The van der Waals surface area contributed by atoms with Gasteiger partial charge in [-0.2, -0.15) is 4.57 Å². The number of carbonyl (C=O) groups is 2. The highest BCUT2D eigenvalue weighted by atomic mass is 32.2. The summed E-state index contributed by atoms with van der Waals surface area (Å²) in [5.41, 5.74) is 6.06. The van der Waals surface area contributed by atoms with Crippen LogP contribution < -0.4 is 9.47 Å². The molecule has 8 heteroatoms. The summed E-state index contributed by atoms with van der Waals surface area (Å²) in [6, 6.07) is 16.4. The minimum Gasteiger partial charge on any atom is -0.481 e. The van der Waals surface area contributed by atoms with Gasteiger partial charge in [-0.3, -0.25) is 9.59 Å². The quantitative estimate of drug-likeness (QED) is 0.283. The second-order valence-electron chi connectivity index (χ2n) is 10.4. The molecule has 1 unspecified atom stereocenters. The van der Waals surface area contributed by atoms with Gasteiger partial charge in [0.2, 0.25) is 5.52 Å². The normalized spacial score (nSPS) is 20.4. The summed E-state index contributed by atoms with van der Waals surface area (Å²) in [4.78, 5) is 25.9. The first kappa shape index (κ1) is 26.6. The Balaban J connectivity index is 1.30. The number of aliphatic carboxylic acids is 2. The van der Waals surface area contributed by atoms with E-state index in [0.717, 1.165) is 56.5 Å². The Bertz CT molecular complexity index is 1610. The topological polar surface area (TPSA) is 81.7 Å². The van der Waals surface area contributed by atoms with Crippen molar-refractivity contribution in [1.82, 2.24) is 0 Å². The van der Waals surface area contributed by atoms with Gasteiger partial charge in [0.05, 0.1) is 17.1 Å². The van der Waals surface area contributed by atoms with Crippen LogP contribution in [0.5, 0.6) is 0 Å². The number of para-hydroxylation sites is 2. The van der Waals surface area contributed by atoms with Crippen LogP contribution in [-0.4, -0.2) is 28.7 Å². The molecule has 3 aromatic rings. The summed E-state index contributed by atoms with van der Waals surface area (Å²) >= 11 is 3.42. The molecule has 2 heterocycles. The lowest BCUT2D eigenvalue weighted by Gasteiger charge is -2.28. The minimum atomic E-state index is -0.789. The van der Waals surface area contributed by atoms with E-state index in [9.17, 15) is 19.8 Å². The van der Waals surface area contributed by atoms with E-state index in [1.807, 2.05) is 24.3 Å². The average Bonchev–Trinajstić information content (AvgIpc) is 3.47. The molecule has 0 saturated carbocycles. The highest BCUT2D eigenvalue weighted by Crippen LogP contribution is 2.47. The number of thioether (sulfide) groups is 1. The van der Waals surface area contributed by atoms with Gasteiger partial charge in [-0.05, 0) is 72.6 Å². The van der Waals surface area contributed by atoms with Crippen molar-refractivity contribution in [3.63, 3.8) is 0 Å². The van der Waals surface area contributed by atoms with Crippen LogP contribution >= 0.6 is 23.1 Å². The third-order valence-corrected chi connectivity index (χ3v) is 9.95. The minimum absolute atomic E-state index is 0.0941. The largest absolute Gasteiger partial charge is 0.481 e. The van der Waals surface area contributed by atoms with E-state index in [4.69, 9.17) is 0 Å². The predicted molar refractivity (Wildman–Crippen MR) is 160 cm³/mol. The van der Waals surface area contributed by atoms with Crippen LogP contribution in [-0.2, 0) is 16.1 Å². The number of thiazole rings is 1. The fourth-order valence-electron chi connectivity index (χ4n) is 5.75. The molecule has 2 N–H and O–H groups in total. The number of fused-ring (bicyclic) bond motifs is 3. The van der Waals surface area contributed by atoms with E-state index in [1.54, 1.807) is 23.1 Å². The van der Waals surface area contributed by atoms with E-state index in [2.05, 4.69) is 58.0 Å². The maximum Gasteiger partial charge on any atom is 0.309 e. The average molecular weight is 572 g/mol. The van der Waals surface area contributed by atoms with Crippen LogP contribution in [0.2, 0.25) is 0 Å². The fourth-order valence-corrected chi connectivity index (χ4v) is 8.08. The lowest BCUT2D eigenvalue weighted by atomic mass is 9.77. The summed E-state index contributed by atoms with van der Waals surface area (Å²) in [5, 5.41) is 20.8. The first-order chi connectivity index (χ1) is 19.4. The highest BCUT2D eigenvalue weighted by molar-refractivity contribution is 8.03. The third kappa shape index (κ3) is 5.64. The number of rotatable bonds is 8. The van der Waals surface area contributed by atoms with Crippen molar-refractivity contribution in [2.45, 2.75) is 50.0 Å². The molecule has 40 heavy (non-hydrogen) atoms. The number of aromatic nitrogens is 1. The first-order valence-electron chi connectivity index (χ1n) is 13.7. The molecular weight excluding hydrogens is 540 g/mol. The maximum absolute atomic E-state index is 11.3. The molecule has 204 valence electrons. The number of allylic oxidation sites excluding steroid dienone is 6. The van der Waals surface area contributed by atoms with Gasteiger partial charge in [-0.1, -0.05) is 59.5 Å². The van der Waals surface area contributed by atoms with Crippen LogP contribution in [0.25, 0.3) is 16.3 Å². The molecule has 0 spiro atoms. The fraction of sp³-hybridized carbons (Fsp3) is 0.281. The molecule has 0 amide bonds. The predicted octanol–water partition coefficient (Wildman–Crippen LogP) is 7.03. The summed E-state index contributed by atoms with van der Waals surface area (Å²) in [6.07, 6.45) is 13.6. The Labute approximate surface area is 241 Å². The summed E-state index contributed by atoms with van der Waals surface area (Å²) in [6.45, 7) is 0.904. The Morgan fingerprint density at radius 2 is 1.73 bits per heavy atom. The van der Waals surface area contributed by atoms with E-state index in [0.29, 0.717) is 19.0 Å². The monoisotopic (exact) mass is 571 g/mol. The Hall–Kier alpha value is -3.62. The van der Waals surface area contributed by atoms with Crippen molar-refractivity contribution < 1.29 is 24.4 Å². The van der Waals surface area contributed by atoms with Crippen molar-refractivity contribution in [2.75, 3.05) is 11.4 Å². The molecule has 2 aromatic carbocycles. The smallest absolute Gasteiger partial charge is 0.309 e. The van der Waals surface area contributed by atoms with Crippen molar-refractivity contribution in [2.24, 2.45) is 5.92 Å². The van der Waals surface area contributed by atoms with Gasteiger partial charge in [0.15, 0.2) is 6.54 Å². The van der Waals surface area contributed by atoms with E-state index < -0.39 is 11.9 Å². The zero-order valence-electron chi connectivity index (χ0n) is 22.1. The SMILES string of the molecule is O=C(O)CCN1/C(=C/C2=CC3=C/C(=C/c4sc5ccccc5[n+]4CCC(=O)O)CCC3CC2)Sc2ccccc21. The summed E-state index contributed by atoms with van der Waals surface area (Å²) < 4.78 is 3.30. The first-order valence-corrected chi connectivity index (χ1v) is 15.3. The van der Waals surface area contributed by atoms with Crippen LogP contribution in [0.3, 0.4) is 0 Å². The second-order valence-corrected chi connectivity index (χ2v) is 12.5. The zero-order chi connectivity index (χ0) is 27.6. The number of carboxylic acids is 2. The molecule has 0 bridgehead atoms. The molecule has 3 aliphatic rings. The van der Waals surface area contributed by atoms with Crippen molar-refractivity contribution in [1.29, 1.82) is 0 Å². The van der Waals surface area contributed by atoms with Gasteiger partial charge in [0, 0.05) is 23.6 Å². The molecule has 6 nitrogen and oxygen atoms in total. The Kier molecular flexibility index (Phi) is 7.63. The van der Waals surface area contributed by atoms with Crippen molar-refractivity contribution >= 4 is 57.0 Å². The lowest BCUT2D eigenvalue weighted by molar-refractivity contribution is -0.667. The van der Waals surface area contributed by atoms with Gasteiger partial charge in [0.1, 0.15) is 11.1 Å². The Morgan fingerprint density at radius 3 is 2.58 bits per heavy atom. The Morgan fingerprint density at radius 1 is 0.950 bits per heavy atom. The van der Waals surface area contributed by atoms with Crippen LogP contribution in [0.15, 0.2) is 93.4 Å². The molecule has 2 aliphatic carbocycles. The van der Waals surface area contributed by atoms with Gasteiger partial charge in [-0.25, -0.2) is 0 Å². The van der Waals surface area contributed by atoms with Gasteiger partial charge in [-0.15, -0.1) is 0 Å². The van der Waals surface area contributed by atoms with Crippen molar-refractivity contribution in [3.8, 4) is 0 Å². The molecule has 0 saturated heterocycles. The van der Waals surface area contributed by atoms with Gasteiger partial charge < -0.3 is 15.1 Å². The van der Waals surface area contributed by atoms with Crippen LogP contribution in [0, 0.1) is 5.92 Å². The van der Waals surface area contributed by atoms with Gasteiger partial charge in [0.25, 0.3) is 5.01 Å². The van der Waals surface area contributed by atoms with E-state index in [-0.39, 0.29) is 12.8 Å². The summed E-state index contributed by atoms with van der Waals surface area (Å²) in [7, 11) is 0. The lowest BCUT2D eigenvalue weighted by Crippen LogP contribution is -2.36. The number of benzene rings is 2. The number of anilines is 1. The highest BCUT2D eigenvalue weighted by Gasteiger charge is 2.28. The summed E-state index contributed by atoms with van der Waals surface area (Å²) in [5.74, 6) is -1.02. The van der Waals surface area contributed by atoms with Crippen LogP contribution in [0.4, 0.5) is 5.69 Å². The standard InChI is InChI=1S/C32H30N2O4S2/c35-31(36)13-15-33-25-5-1-3-7-27(25)39-29(33)19-21-9-11-23-12-10-22(18-24(23)17-21)20-30-34(16-14-32(37)38)26-6-2-4-8-28(26)40-30/h1-8,17-20,23H,9-16H2,(H-,35,36,37,38)/p+1. The van der Waals surface area contributed by atoms with E-state index >= 15 is 0 Å². The number of carboxylic acid groups (broad SMARTS) is 2. The number of nitrogens with zero attached hydrogens (tertiary/aromatic N) is 2. The van der Waals surface area contributed by atoms with E-state index in [1.165, 1.54) is 16.7 Å². The maximum atomic E-state index is 11.3. The molecule has 0 fully saturated rings. The van der Waals surface area contributed by atoms with Gasteiger partial charge >= 0.3 is 11.9 Å². The molecular formula is C32H31N2O4S2+. The molecule has 1 aromatic heterocycles. The molecule has 1 atom stereocenters. The molecule has 6 rings (SSSR count). The second kappa shape index (κ2) is 11.5. The zero-order valence-corrected chi connectivity index (χ0v) is 23.7. The number of aryl methyl sites for hydroxylation is 1. The number of hydrogen-bond acceptors (Lipinski definition) is 5. The van der Waals surface area contributed by atoms with Crippen LogP contribution in [0.1, 0.15) is 43.5 Å². The van der Waals surface area contributed by atoms with Crippen molar-refractivity contribution in [3.05, 3.63) is 93.5 Å².